The smallest absolute Gasteiger partial charge is 0.387 e. The molecule has 1 aromatic carbocycles. The number of carbonyl (C=O) groups is 1. The van der Waals surface area contributed by atoms with Crippen LogP contribution in [0.2, 0.25) is 5.02 Å². The third kappa shape index (κ3) is 4.08. The number of anilines is 1. The predicted octanol–water partition coefficient (Wildman–Crippen LogP) is 3.75. The standard InChI is InChI=1S/C12H7BrClF2N3O2/c13-7-3-6(14)4-8(10(7)21-12(15)16)19-11(20)9-5-17-1-2-18-9/h1-5,12H,(H,19,20). The van der Waals surface area contributed by atoms with E-state index in [9.17, 15) is 13.6 Å². The van der Waals surface area contributed by atoms with Crippen LogP contribution in [0.15, 0.2) is 35.2 Å². The van der Waals surface area contributed by atoms with Gasteiger partial charge in [-0.3, -0.25) is 9.78 Å². The Bertz CT molecular complexity index is 658. The van der Waals surface area contributed by atoms with Crippen LogP contribution in [0.3, 0.4) is 0 Å². The van der Waals surface area contributed by atoms with Gasteiger partial charge in [-0.2, -0.15) is 8.78 Å². The Labute approximate surface area is 131 Å². The number of nitrogens with zero attached hydrogens (tertiary/aromatic N) is 2. The number of hydrogen-bond acceptors (Lipinski definition) is 4. The van der Waals surface area contributed by atoms with Gasteiger partial charge in [0, 0.05) is 17.4 Å². The fourth-order valence-electron chi connectivity index (χ4n) is 1.46. The SMILES string of the molecule is O=C(Nc1cc(Cl)cc(Br)c1OC(F)F)c1cnccn1. The lowest BCUT2D eigenvalue weighted by molar-refractivity contribution is -0.0498. The summed E-state index contributed by atoms with van der Waals surface area (Å²) in [6.45, 7) is -3.05. The molecular formula is C12H7BrClF2N3O2. The van der Waals surface area contributed by atoms with Crippen molar-refractivity contribution < 1.29 is 18.3 Å². The van der Waals surface area contributed by atoms with Crippen LogP contribution in [0.1, 0.15) is 10.5 Å². The predicted molar refractivity (Wildman–Crippen MR) is 75.8 cm³/mol. The molecule has 2 aromatic rings. The average Bonchev–Trinajstić information content (AvgIpc) is 2.43. The van der Waals surface area contributed by atoms with Crippen molar-refractivity contribution in [1.82, 2.24) is 9.97 Å². The fraction of sp³-hybridized carbons (Fsp3) is 0.0833. The summed E-state index contributed by atoms with van der Waals surface area (Å²) in [4.78, 5) is 19.5. The van der Waals surface area contributed by atoms with Crippen molar-refractivity contribution in [2.24, 2.45) is 0 Å². The van der Waals surface area contributed by atoms with Gasteiger partial charge >= 0.3 is 6.61 Å². The van der Waals surface area contributed by atoms with Gasteiger partial charge < -0.3 is 10.1 Å². The zero-order valence-corrected chi connectivity index (χ0v) is 12.5. The number of amides is 1. The summed E-state index contributed by atoms with van der Waals surface area (Å²) in [6, 6.07) is 2.66. The minimum absolute atomic E-state index is 0.00896. The molecule has 1 heterocycles. The van der Waals surface area contributed by atoms with Gasteiger partial charge in [-0.25, -0.2) is 4.98 Å². The minimum atomic E-state index is -3.05. The Hall–Kier alpha value is -1.80. The molecule has 21 heavy (non-hydrogen) atoms. The maximum Gasteiger partial charge on any atom is 0.387 e. The first-order chi connectivity index (χ1) is 9.97. The maximum absolute atomic E-state index is 12.4. The first-order valence-corrected chi connectivity index (χ1v) is 6.65. The van der Waals surface area contributed by atoms with Crippen LogP contribution in [0.5, 0.6) is 5.75 Å². The first-order valence-electron chi connectivity index (χ1n) is 5.48. The van der Waals surface area contributed by atoms with Gasteiger partial charge in [-0.15, -0.1) is 0 Å². The van der Waals surface area contributed by atoms with Gasteiger partial charge in [0.1, 0.15) is 5.69 Å². The maximum atomic E-state index is 12.4. The van der Waals surface area contributed by atoms with E-state index in [1.54, 1.807) is 0 Å². The molecular weight excluding hydrogens is 372 g/mol. The summed E-state index contributed by atoms with van der Waals surface area (Å²) in [6.07, 6.45) is 3.97. The van der Waals surface area contributed by atoms with Crippen molar-refractivity contribution in [1.29, 1.82) is 0 Å². The van der Waals surface area contributed by atoms with Crippen LogP contribution in [0.4, 0.5) is 14.5 Å². The average molecular weight is 379 g/mol. The van der Waals surface area contributed by atoms with E-state index in [4.69, 9.17) is 11.6 Å². The summed E-state index contributed by atoms with van der Waals surface area (Å²) >= 11 is 8.89. The van der Waals surface area contributed by atoms with Crippen LogP contribution in [0, 0.1) is 0 Å². The van der Waals surface area contributed by atoms with Gasteiger partial charge in [0.05, 0.1) is 16.4 Å². The summed E-state index contributed by atoms with van der Waals surface area (Å²) in [5.41, 5.74) is 0.0157. The highest BCUT2D eigenvalue weighted by Gasteiger charge is 2.18. The minimum Gasteiger partial charge on any atom is -0.431 e. The van der Waals surface area contributed by atoms with E-state index in [0.29, 0.717) is 0 Å². The van der Waals surface area contributed by atoms with Crippen molar-refractivity contribution >= 4 is 39.1 Å². The topological polar surface area (TPSA) is 64.1 Å². The fourth-order valence-corrected chi connectivity index (χ4v) is 2.37. The molecule has 0 saturated carbocycles. The van der Waals surface area contributed by atoms with E-state index < -0.39 is 12.5 Å². The third-order valence-corrected chi connectivity index (χ3v) is 3.07. The lowest BCUT2D eigenvalue weighted by Gasteiger charge is -2.13. The van der Waals surface area contributed by atoms with Gasteiger partial charge in [-0.1, -0.05) is 11.6 Å². The summed E-state index contributed by atoms with van der Waals surface area (Å²) in [5.74, 6) is -0.858. The van der Waals surface area contributed by atoms with Crippen LogP contribution in [-0.2, 0) is 0 Å². The molecule has 0 saturated heterocycles. The van der Waals surface area contributed by atoms with Gasteiger partial charge in [0.25, 0.3) is 5.91 Å². The third-order valence-electron chi connectivity index (χ3n) is 2.26. The number of carbonyl (C=O) groups excluding carboxylic acids is 1. The van der Waals surface area contributed by atoms with Crippen LogP contribution in [-0.4, -0.2) is 22.5 Å². The van der Waals surface area contributed by atoms with Crippen LogP contribution >= 0.6 is 27.5 Å². The molecule has 0 spiro atoms. The molecule has 0 aliphatic carbocycles. The van der Waals surface area contributed by atoms with E-state index in [2.05, 4.69) is 36.0 Å². The molecule has 0 aliphatic rings. The largest absolute Gasteiger partial charge is 0.431 e. The van der Waals surface area contributed by atoms with Gasteiger partial charge in [0.2, 0.25) is 0 Å². The number of hydrogen-bond donors (Lipinski definition) is 1. The molecule has 0 bridgehead atoms. The highest BCUT2D eigenvalue weighted by atomic mass is 79.9. The number of aromatic nitrogens is 2. The normalized spacial score (nSPS) is 10.5. The quantitative estimate of drug-likeness (QED) is 0.880. The number of nitrogens with one attached hydrogen (secondary N) is 1. The Morgan fingerprint density at radius 2 is 2.14 bits per heavy atom. The van der Waals surface area contributed by atoms with E-state index in [1.165, 1.54) is 30.7 Å². The Morgan fingerprint density at radius 3 is 2.76 bits per heavy atom. The molecule has 1 aromatic heterocycles. The number of alkyl halides is 2. The van der Waals surface area contributed by atoms with E-state index in [1.807, 2.05) is 0 Å². The molecule has 1 N–H and O–H groups in total. The van der Waals surface area contributed by atoms with Crippen molar-refractivity contribution in [3.05, 3.63) is 45.9 Å². The van der Waals surface area contributed by atoms with Gasteiger partial charge in [0.15, 0.2) is 5.75 Å². The van der Waals surface area contributed by atoms with E-state index in [-0.39, 0.29) is 26.6 Å². The zero-order chi connectivity index (χ0) is 15.4. The van der Waals surface area contributed by atoms with Crippen molar-refractivity contribution in [3.8, 4) is 5.75 Å². The number of halogens is 4. The Kier molecular flexibility index (Phi) is 5.03. The number of benzene rings is 1. The molecule has 1 amide bonds. The molecule has 0 aliphatic heterocycles. The van der Waals surface area contributed by atoms with Crippen LogP contribution < -0.4 is 10.1 Å². The zero-order valence-electron chi connectivity index (χ0n) is 10.2. The van der Waals surface area contributed by atoms with Gasteiger partial charge in [-0.05, 0) is 28.1 Å². The van der Waals surface area contributed by atoms with Crippen LogP contribution in [0.25, 0.3) is 0 Å². The van der Waals surface area contributed by atoms with Crippen molar-refractivity contribution in [2.45, 2.75) is 6.61 Å². The number of ether oxygens (including phenoxy) is 1. The molecule has 0 fully saturated rings. The second-order valence-corrected chi connectivity index (χ2v) is 4.98. The second kappa shape index (κ2) is 6.77. The lowest BCUT2D eigenvalue weighted by atomic mass is 10.2. The number of rotatable bonds is 4. The summed E-state index contributed by atoms with van der Waals surface area (Å²) in [5, 5.41) is 2.63. The molecule has 110 valence electrons. The molecule has 2 rings (SSSR count). The van der Waals surface area contributed by atoms with Crippen molar-refractivity contribution in [3.63, 3.8) is 0 Å². The first kappa shape index (κ1) is 15.6. The van der Waals surface area contributed by atoms with E-state index in [0.717, 1.165) is 0 Å². The highest BCUT2D eigenvalue weighted by Crippen LogP contribution is 2.37. The molecule has 0 atom stereocenters. The molecule has 0 radical (unpaired) electrons. The molecule has 9 heteroatoms. The van der Waals surface area contributed by atoms with Crippen molar-refractivity contribution in [2.75, 3.05) is 5.32 Å². The highest BCUT2D eigenvalue weighted by molar-refractivity contribution is 9.10. The monoisotopic (exact) mass is 377 g/mol. The summed E-state index contributed by atoms with van der Waals surface area (Å²) < 4.78 is 29.4. The molecule has 0 unspecified atom stereocenters. The second-order valence-electron chi connectivity index (χ2n) is 3.69. The Balaban J connectivity index is 2.32. The lowest BCUT2D eigenvalue weighted by Crippen LogP contribution is -2.15. The Morgan fingerprint density at radius 1 is 1.38 bits per heavy atom. The summed E-state index contributed by atoms with van der Waals surface area (Å²) in [7, 11) is 0. The molecule has 5 nitrogen and oxygen atoms in total. The van der Waals surface area contributed by atoms with E-state index >= 15 is 0 Å².